The third-order valence-electron chi connectivity index (χ3n) is 3.71. The number of nitrogens with one attached hydrogen (secondary N) is 1. The largest absolute Gasteiger partial charge is 0.503 e. The number of anilines is 1. The number of hydrogen-bond donors (Lipinski definition) is 2. The summed E-state index contributed by atoms with van der Waals surface area (Å²) in [7, 11) is 0. The van der Waals surface area contributed by atoms with E-state index in [9.17, 15) is 14.7 Å². The van der Waals surface area contributed by atoms with Crippen molar-refractivity contribution >= 4 is 58.4 Å². The minimum atomic E-state index is -0.590. The lowest BCUT2D eigenvalue weighted by Crippen LogP contribution is -2.35. The summed E-state index contributed by atoms with van der Waals surface area (Å²) in [5, 5.41) is 11.6. The Labute approximate surface area is 169 Å². The van der Waals surface area contributed by atoms with Crippen LogP contribution in [-0.4, -0.2) is 23.5 Å². The average Bonchev–Trinajstić information content (AvgIpc) is 2.90. The van der Waals surface area contributed by atoms with E-state index in [2.05, 4.69) is 5.43 Å². The third kappa shape index (κ3) is 3.83. The van der Waals surface area contributed by atoms with Crippen molar-refractivity contribution in [2.75, 3.05) is 11.6 Å². The van der Waals surface area contributed by atoms with Gasteiger partial charge >= 0.3 is 0 Å². The number of ether oxygens (including phenoxy) is 1. The summed E-state index contributed by atoms with van der Waals surface area (Å²) in [5.74, 6) is -1.21. The van der Waals surface area contributed by atoms with Gasteiger partial charge in [0.2, 0.25) is 0 Å². The number of hydrazine groups is 1. The van der Waals surface area contributed by atoms with Crippen molar-refractivity contribution in [1.29, 1.82) is 0 Å². The van der Waals surface area contributed by atoms with Crippen molar-refractivity contribution in [3.8, 4) is 11.5 Å². The quantitative estimate of drug-likeness (QED) is 0.566. The summed E-state index contributed by atoms with van der Waals surface area (Å²) in [4.78, 5) is 24.9. The predicted molar refractivity (Wildman–Crippen MR) is 104 cm³/mol. The summed E-state index contributed by atoms with van der Waals surface area (Å²) in [6.45, 7) is 2.07. The second-order valence-electron chi connectivity index (χ2n) is 5.52. The second kappa shape index (κ2) is 7.68. The van der Waals surface area contributed by atoms with Gasteiger partial charge in [0.1, 0.15) is 5.57 Å². The van der Waals surface area contributed by atoms with E-state index >= 15 is 0 Å². The van der Waals surface area contributed by atoms with Crippen LogP contribution in [0.2, 0.25) is 15.1 Å². The molecule has 2 aromatic carbocycles. The summed E-state index contributed by atoms with van der Waals surface area (Å²) in [5.41, 5.74) is 3.15. The molecule has 2 N–H and O–H groups in total. The molecule has 3 rings (SSSR count). The number of phenolic OH excluding ortho intramolecular Hbond substituents is 1. The minimum absolute atomic E-state index is 0.0417. The maximum absolute atomic E-state index is 12.7. The zero-order valence-corrected chi connectivity index (χ0v) is 16.2. The van der Waals surface area contributed by atoms with E-state index in [0.29, 0.717) is 22.9 Å². The second-order valence-corrected chi connectivity index (χ2v) is 6.74. The van der Waals surface area contributed by atoms with Gasteiger partial charge in [-0.3, -0.25) is 15.0 Å². The normalized spacial score (nSPS) is 15.4. The van der Waals surface area contributed by atoms with Crippen LogP contribution in [0.25, 0.3) is 6.08 Å². The molecule has 2 aromatic rings. The molecular formula is C18H13Cl3N2O4. The Balaban J connectivity index is 1.96. The molecule has 1 aliphatic heterocycles. The molecule has 0 radical (unpaired) electrons. The molecule has 0 spiro atoms. The highest BCUT2D eigenvalue weighted by Gasteiger charge is 2.34. The molecule has 6 nitrogen and oxygen atoms in total. The highest BCUT2D eigenvalue weighted by Crippen LogP contribution is 2.36. The number of amides is 2. The van der Waals surface area contributed by atoms with Gasteiger partial charge in [-0.1, -0.05) is 34.8 Å². The van der Waals surface area contributed by atoms with Crippen LogP contribution in [0.3, 0.4) is 0 Å². The van der Waals surface area contributed by atoms with E-state index in [1.165, 1.54) is 30.3 Å². The Kier molecular flexibility index (Phi) is 5.51. The molecule has 1 fully saturated rings. The van der Waals surface area contributed by atoms with Gasteiger partial charge in [-0.05, 0) is 48.9 Å². The van der Waals surface area contributed by atoms with Crippen molar-refractivity contribution in [3.63, 3.8) is 0 Å². The Morgan fingerprint density at radius 2 is 1.85 bits per heavy atom. The predicted octanol–water partition coefficient (Wildman–Crippen LogP) is 4.21. The number of rotatable bonds is 4. The Morgan fingerprint density at radius 3 is 2.52 bits per heavy atom. The Morgan fingerprint density at radius 1 is 1.11 bits per heavy atom. The summed E-state index contributed by atoms with van der Waals surface area (Å²) in [6, 6.07) is 7.46. The van der Waals surface area contributed by atoms with Crippen molar-refractivity contribution in [3.05, 3.63) is 56.5 Å². The first-order chi connectivity index (χ1) is 12.8. The molecular weight excluding hydrogens is 415 g/mol. The lowest BCUT2D eigenvalue weighted by molar-refractivity contribution is -0.117. The van der Waals surface area contributed by atoms with Crippen molar-refractivity contribution in [2.24, 2.45) is 0 Å². The van der Waals surface area contributed by atoms with E-state index < -0.39 is 11.8 Å². The standard InChI is InChI=1S/C18H13Cl3N2O4/c1-2-27-15-7-9(6-14(21)16(15)24)5-11-17(25)22-23(18(11)26)10-3-4-12(19)13(20)8-10/h3-8,24H,2H2,1H3,(H,22,25)/b11-5+. The van der Waals surface area contributed by atoms with Gasteiger partial charge in [-0.2, -0.15) is 0 Å². The van der Waals surface area contributed by atoms with Gasteiger partial charge in [-0.25, -0.2) is 5.01 Å². The molecule has 27 heavy (non-hydrogen) atoms. The number of carbonyl (C=O) groups excluding carboxylic acids is 2. The third-order valence-corrected chi connectivity index (χ3v) is 4.74. The van der Waals surface area contributed by atoms with Gasteiger partial charge in [0.05, 0.1) is 27.4 Å². The van der Waals surface area contributed by atoms with E-state index in [0.717, 1.165) is 5.01 Å². The summed E-state index contributed by atoms with van der Waals surface area (Å²) in [6.07, 6.45) is 1.36. The number of aromatic hydroxyl groups is 1. The average molecular weight is 428 g/mol. The first kappa shape index (κ1) is 19.4. The number of halogens is 3. The number of carbonyl (C=O) groups is 2. The van der Waals surface area contributed by atoms with Crippen LogP contribution in [0.1, 0.15) is 12.5 Å². The lowest BCUT2D eigenvalue weighted by atomic mass is 10.1. The van der Waals surface area contributed by atoms with Crippen LogP contribution >= 0.6 is 34.8 Å². The molecule has 0 aliphatic carbocycles. The fraction of sp³-hybridized carbons (Fsp3) is 0.111. The molecule has 2 amide bonds. The zero-order chi connectivity index (χ0) is 19.7. The maximum Gasteiger partial charge on any atom is 0.282 e. The van der Waals surface area contributed by atoms with E-state index in [-0.39, 0.29) is 27.1 Å². The Hall–Kier alpha value is -2.41. The molecule has 0 bridgehead atoms. The number of benzene rings is 2. The van der Waals surface area contributed by atoms with Gasteiger partial charge in [0, 0.05) is 0 Å². The van der Waals surface area contributed by atoms with Crippen LogP contribution in [0, 0.1) is 0 Å². The van der Waals surface area contributed by atoms with Gasteiger partial charge in [0.25, 0.3) is 11.8 Å². The molecule has 1 aliphatic rings. The van der Waals surface area contributed by atoms with Crippen molar-refractivity contribution in [1.82, 2.24) is 5.43 Å². The molecule has 0 atom stereocenters. The first-order valence-electron chi connectivity index (χ1n) is 7.79. The van der Waals surface area contributed by atoms with E-state index in [1.54, 1.807) is 13.0 Å². The highest BCUT2D eigenvalue weighted by molar-refractivity contribution is 6.42. The van der Waals surface area contributed by atoms with Crippen LogP contribution in [-0.2, 0) is 9.59 Å². The van der Waals surface area contributed by atoms with Crippen LogP contribution in [0.15, 0.2) is 35.9 Å². The molecule has 0 saturated carbocycles. The number of hydrogen-bond acceptors (Lipinski definition) is 4. The smallest absolute Gasteiger partial charge is 0.282 e. The van der Waals surface area contributed by atoms with Crippen molar-refractivity contribution < 1.29 is 19.4 Å². The topological polar surface area (TPSA) is 78.9 Å². The fourth-order valence-electron chi connectivity index (χ4n) is 2.47. The van der Waals surface area contributed by atoms with Crippen LogP contribution in [0.4, 0.5) is 5.69 Å². The van der Waals surface area contributed by atoms with E-state index in [1.807, 2.05) is 0 Å². The Bertz CT molecular complexity index is 975. The van der Waals surface area contributed by atoms with Crippen LogP contribution < -0.4 is 15.2 Å². The molecule has 140 valence electrons. The minimum Gasteiger partial charge on any atom is -0.503 e. The highest BCUT2D eigenvalue weighted by atomic mass is 35.5. The van der Waals surface area contributed by atoms with Gasteiger partial charge < -0.3 is 9.84 Å². The molecule has 1 saturated heterocycles. The SMILES string of the molecule is CCOc1cc(/C=C2\C(=O)NN(c3ccc(Cl)c(Cl)c3)C2=O)cc(Cl)c1O. The molecule has 9 heteroatoms. The zero-order valence-electron chi connectivity index (χ0n) is 13.9. The number of phenols is 1. The van der Waals surface area contributed by atoms with Crippen molar-refractivity contribution in [2.45, 2.75) is 6.92 Å². The van der Waals surface area contributed by atoms with Gasteiger partial charge in [0.15, 0.2) is 11.5 Å². The maximum atomic E-state index is 12.7. The summed E-state index contributed by atoms with van der Waals surface area (Å²) < 4.78 is 5.30. The summed E-state index contributed by atoms with van der Waals surface area (Å²) >= 11 is 17.8. The first-order valence-corrected chi connectivity index (χ1v) is 8.92. The molecule has 0 aromatic heterocycles. The lowest BCUT2D eigenvalue weighted by Gasteiger charge is -2.15. The molecule has 1 heterocycles. The monoisotopic (exact) mass is 426 g/mol. The number of nitrogens with zero attached hydrogens (tertiary/aromatic N) is 1. The van der Waals surface area contributed by atoms with Crippen LogP contribution in [0.5, 0.6) is 11.5 Å². The molecule has 0 unspecified atom stereocenters. The fourth-order valence-corrected chi connectivity index (χ4v) is 2.98. The van der Waals surface area contributed by atoms with E-state index in [4.69, 9.17) is 39.5 Å². The van der Waals surface area contributed by atoms with Gasteiger partial charge in [-0.15, -0.1) is 0 Å².